The van der Waals surface area contributed by atoms with E-state index in [2.05, 4.69) is 27.3 Å². The first-order valence-electron chi connectivity index (χ1n) is 13.5. The van der Waals surface area contributed by atoms with Gasteiger partial charge in [0.1, 0.15) is 0 Å². The second-order valence-corrected chi connectivity index (χ2v) is 14.1. The van der Waals surface area contributed by atoms with Gasteiger partial charge in [-0.1, -0.05) is 18.6 Å². The van der Waals surface area contributed by atoms with Crippen LogP contribution in [0.5, 0.6) is 0 Å². The molecule has 35 heavy (non-hydrogen) atoms. The molecule has 4 aliphatic rings. The van der Waals surface area contributed by atoms with Crippen molar-refractivity contribution >= 4 is 10.3 Å². The van der Waals surface area contributed by atoms with Crippen molar-refractivity contribution in [2.75, 3.05) is 0 Å². The van der Waals surface area contributed by atoms with E-state index in [0.717, 1.165) is 38.6 Å². The number of fused-ring (bicyclic) bond motifs is 5. The molecule has 4 aliphatic carbocycles. The zero-order valence-electron chi connectivity index (χ0n) is 21.4. The van der Waals surface area contributed by atoms with Crippen LogP contribution in [0, 0.1) is 40.9 Å². The lowest BCUT2D eigenvalue weighted by atomic mass is 9.50. The number of hydrogen-bond donors (Lipinski definition) is 3. The Morgan fingerprint density at radius 3 is 2.71 bits per heavy atom. The molecule has 196 valence electrons. The van der Waals surface area contributed by atoms with Gasteiger partial charge in [-0.25, -0.2) is 4.98 Å². The second-order valence-electron chi connectivity index (χ2n) is 12.9. The van der Waals surface area contributed by atoms with Crippen molar-refractivity contribution in [1.82, 2.24) is 14.3 Å². The monoisotopic (exact) mass is 505 g/mol. The van der Waals surface area contributed by atoms with Crippen LogP contribution in [0.1, 0.15) is 78.6 Å². The molecule has 0 bridgehead atoms. The molecule has 8 heteroatoms. The summed E-state index contributed by atoms with van der Waals surface area (Å²) in [5.41, 5.74) is 1.03. The van der Waals surface area contributed by atoms with Crippen molar-refractivity contribution in [1.29, 1.82) is 0 Å². The van der Waals surface area contributed by atoms with Gasteiger partial charge in [-0.05, 0) is 113 Å². The Hall–Kier alpha value is -1.22. The number of nitrogens with one attached hydrogen (secondary N) is 1. The van der Waals surface area contributed by atoms with Gasteiger partial charge >= 0.3 is 10.3 Å². The van der Waals surface area contributed by atoms with Gasteiger partial charge in [0.25, 0.3) is 0 Å². The molecule has 3 fully saturated rings. The average molecular weight is 506 g/mol. The quantitative estimate of drug-likeness (QED) is 0.371. The number of rotatable bonds is 7. The Balaban J connectivity index is 1.34. The Labute approximate surface area is 210 Å². The number of allylic oxidation sites excluding steroid dienone is 1. The van der Waals surface area contributed by atoms with Gasteiger partial charge in [-0.2, -0.15) is 13.1 Å². The number of aromatic nitrogens is 2. The predicted octanol–water partition coefficient (Wildman–Crippen LogP) is 4.61. The summed E-state index contributed by atoms with van der Waals surface area (Å²) in [4.78, 5) is 4.26. The van der Waals surface area contributed by atoms with E-state index in [1.807, 2.05) is 32.6 Å². The van der Waals surface area contributed by atoms with Gasteiger partial charge in [0, 0.05) is 25.0 Å². The molecule has 0 saturated heterocycles. The van der Waals surface area contributed by atoms with Crippen LogP contribution < -0.4 is 4.72 Å². The zero-order chi connectivity index (χ0) is 25.0. The van der Waals surface area contributed by atoms with Crippen molar-refractivity contribution < 1.29 is 18.1 Å². The third-order valence-electron chi connectivity index (χ3n) is 10.2. The number of nitrogens with zero attached hydrogens (tertiary/aromatic N) is 2. The van der Waals surface area contributed by atoms with Crippen LogP contribution in [0.15, 0.2) is 30.4 Å². The first kappa shape index (κ1) is 25.4. The van der Waals surface area contributed by atoms with Gasteiger partial charge in [-0.3, -0.25) is 4.55 Å². The molecule has 0 aromatic carbocycles. The molecule has 0 spiro atoms. The molecule has 5 rings (SSSR count). The molecule has 0 radical (unpaired) electrons. The van der Waals surface area contributed by atoms with Crippen molar-refractivity contribution in [3.05, 3.63) is 30.4 Å². The third kappa shape index (κ3) is 5.27. The van der Waals surface area contributed by atoms with E-state index in [1.54, 1.807) is 0 Å². The van der Waals surface area contributed by atoms with Crippen molar-refractivity contribution in [2.24, 2.45) is 40.9 Å². The summed E-state index contributed by atoms with van der Waals surface area (Å²) >= 11 is 0. The first-order valence-corrected chi connectivity index (χ1v) is 15.0. The van der Waals surface area contributed by atoms with Crippen molar-refractivity contribution in [3.63, 3.8) is 0 Å². The second kappa shape index (κ2) is 9.26. The normalized spacial score (nSPS) is 38.3. The molecular weight excluding hydrogens is 462 g/mol. The summed E-state index contributed by atoms with van der Waals surface area (Å²) in [6, 6.07) is -0.181. The summed E-state index contributed by atoms with van der Waals surface area (Å²) in [6.07, 6.45) is 17.7. The smallest absolute Gasteiger partial charge is 0.333 e. The standard InChI is InChI=1S/C27H43N3O4S/c1-26(2,31)15-19(16-30-13-12-28-17-30)24-8-9-25-23-6-4-18-14-20(29-35(32,33)34)5-7-21(18)22(23)10-11-27(24,25)3/h4,12-13,17,19-25,29,31H,5-11,14-16H2,1-3H3,(H,32,33,34)/t19-,20+,21+,22?,23?,24-,25?,27-/m1/s1. The van der Waals surface area contributed by atoms with Crippen molar-refractivity contribution in [2.45, 2.75) is 96.7 Å². The minimum Gasteiger partial charge on any atom is -0.390 e. The lowest BCUT2D eigenvalue weighted by Gasteiger charge is -2.55. The maximum atomic E-state index is 11.3. The van der Waals surface area contributed by atoms with Gasteiger partial charge in [0.2, 0.25) is 0 Å². The van der Waals surface area contributed by atoms with E-state index >= 15 is 0 Å². The van der Waals surface area contributed by atoms with Crippen LogP contribution in [0.3, 0.4) is 0 Å². The molecule has 3 saturated carbocycles. The van der Waals surface area contributed by atoms with Crippen molar-refractivity contribution in [3.8, 4) is 0 Å². The number of aliphatic hydroxyl groups is 1. The summed E-state index contributed by atoms with van der Waals surface area (Å²) < 4.78 is 36.5. The maximum absolute atomic E-state index is 11.3. The molecule has 7 nitrogen and oxygen atoms in total. The Bertz CT molecular complexity index is 1030. The van der Waals surface area contributed by atoms with Gasteiger partial charge < -0.3 is 9.67 Å². The fraction of sp³-hybridized carbons (Fsp3) is 0.815. The lowest BCUT2D eigenvalue weighted by Crippen LogP contribution is -2.48. The topological polar surface area (TPSA) is 104 Å². The van der Waals surface area contributed by atoms with E-state index in [0.29, 0.717) is 40.9 Å². The summed E-state index contributed by atoms with van der Waals surface area (Å²) in [5, 5.41) is 10.8. The first-order chi connectivity index (χ1) is 16.4. The van der Waals surface area contributed by atoms with E-state index in [1.165, 1.54) is 31.3 Å². The van der Waals surface area contributed by atoms with Crippen LogP contribution in [-0.4, -0.2) is 39.3 Å². The highest BCUT2D eigenvalue weighted by atomic mass is 32.2. The van der Waals surface area contributed by atoms with Gasteiger partial charge in [-0.15, -0.1) is 0 Å². The third-order valence-corrected chi connectivity index (χ3v) is 10.8. The lowest BCUT2D eigenvalue weighted by molar-refractivity contribution is -0.0425. The van der Waals surface area contributed by atoms with E-state index in [9.17, 15) is 18.1 Å². The highest BCUT2D eigenvalue weighted by Gasteiger charge is 2.57. The molecule has 3 N–H and O–H groups in total. The fourth-order valence-corrected chi connectivity index (χ4v) is 9.66. The Morgan fingerprint density at radius 2 is 2.03 bits per heavy atom. The highest BCUT2D eigenvalue weighted by molar-refractivity contribution is 7.83. The Morgan fingerprint density at radius 1 is 1.23 bits per heavy atom. The zero-order valence-corrected chi connectivity index (χ0v) is 22.3. The highest BCUT2D eigenvalue weighted by Crippen LogP contribution is 2.65. The largest absolute Gasteiger partial charge is 0.390 e. The van der Waals surface area contributed by atoms with Crippen LogP contribution in [0.2, 0.25) is 0 Å². The molecule has 0 aliphatic heterocycles. The predicted molar refractivity (Wildman–Crippen MR) is 136 cm³/mol. The summed E-state index contributed by atoms with van der Waals surface area (Å²) in [7, 11) is -4.15. The molecular formula is C27H43N3O4S. The van der Waals surface area contributed by atoms with E-state index < -0.39 is 15.9 Å². The summed E-state index contributed by atoms with van der Waals surface area (Å²) in [5.74, 6) is 3.70. The number of hydrogen-bond acceptors (Lipinski definition) is 4. The van der Waals surface area contributed by atoms with Crippen LogP contribution in [-0.2, 0) is 16.8 Å². The van der Waals surface area contributed by atoms with Crippen LogP contribution in [0.25, 0.3) is 0 Å². The SMILES string of the molecule is CC(C)(O)C[C@H](Cn1ccnc1)[C@H]1CCC2C3CC=C4C[C@@H](NS(=O)(=O)O)CC[C@@H]4C3CC[C@@]21C. The maximum Gasteiger partial charge on any atom is 0.333 e. The minimum atomic E-state index is -4.15. The van der Waals surface area contributed by atoms with Crippen LogP contribution >= 0.6 is 0 Å². The van der Waals surface area contributed by atoms with E-state index in [4.69, 9.17) is 0 Å². The Kier molecular flexibility index (Phi) is 6.73. The van der Waals surface area contributed by atoms with Crippen LogP contribution in [0.4, 0.5) is 0 Å². The summed E-state index contributed by atoms with van der Waals surface area (Å²) in [6.45, 7) is 7.35. The molecule has 3 unspecified atom stereocenters. The average Bonchev–Trinajstić information content (AvgIpc) is 3.37. The van der Waals surface area contributed by atoms with E-state index in [-0.39, 0.29) is 6.04 Å². The molecule has 0 amide bonds. The van der Waals surface area contributed by atoms with Gasteiger partial charge in [0.05, 0.1) is 11.9 Å². The molecule has 1 aromatic heterocycles. The molecule has 1 heterocycles. The fourth-order valence-electron chi connectivity index (χ4n) is 9.04. The van der Waals surface area contributed by atoms with Gasteiger partial charge in [0.15, 0.2) is 0 Å². The minimum absolute atomic E-state index is 0.181. The molecule has 8 atom stereocenters. The number of imidazole rings is 1. The molecule has 1 aromatic rings.